The van der Waals surface area contributed by atoms with Crippen molar-refractivity contribution in [3.05, 3.63) is 44.6 Å². The Labute approximate surface area is 121 Å². The number of benzene rings is 1. The van der Waals surface area contributed by atoms with Gasteiger partial charge in [-0.05, 0) is 44.0 Å². The van der Waals surface area contributed by atoms with Crippen LogP contribution in [0.1, 0.15) is 15.9 Å². The molecule has 0 aliphatic rings. The van der Waals surface area contributed by atoms with Crippen molar-refractivity contribution in [3.8, 4) is 5.75 Å². The molecule has 0 bridgehead atoms. The average molecular weight is 374 g/mol. The van der Waals surface area contributed by atoms with Gasteiger partial charge in [0.25, 0.3) is 0 Å². The number of aromatic nitrogens is 2. The van der Waals surface area contributed by atoms with Crippen LogP contribution in [0.15, 0.2) is 33.5 Å². The molecule has 4 nitrogen and oxygen atoms in total. The zero-order valence-electron chi connectivity index (χ0n) is 9.56. The number of hydrogen-bond donors (Lipinski definition) is 0. The van der Waals surface area contributed by atoms with E-state index in [1.807, 2.05) is 13.2 Å². The molecule has 0 amide bonds. The molecule has 0 unspecified atom stereocenters. The predicted octanol–water partition coefficient (Wildman–Crippen LogP) is 3.34. The molecule has 18 heavy (non-hydrogen) atoms. The summed E-state index contributed by atoms with van der Waals surface area (Å²) in [4.78, 5) is 10.7. The van der Waals surface area contributed by atoms with Crippen LogP contribution in [0.2, 0.25) is 0 Å². The zero-order chi connectivity index (χ0) is 13.1. The Bertz CT molecular complexity index is 558. The number of nitrogens with zero attached hydrogens (tertiary/aromatic N) is 2. The summed E-state index contributed by atoms with van der Waals surface area (Å²) in [7, 11) is 1.86. The number of aryl methyl sites for hydroxylation is 1. The van der Waals surface area contributed by atoms with Gasteiger partial charge in [0.1, 0.15) is 18.6 Å². The standard InChI is InChI=1S/C12H10Br2N2O2/c1-16-5-9(4-15-16)7-18-12-10(13)2-8(6-17)3-11(12)14/h2-6H,7H2,1H3. The van der Waals surface area contributed by atoms with Crippen molar-refractivity contribution in [1.82, 2.24) is 9.78 Å². The maximum atomic E-state index is 10.7. The van der Waals surface area contributed by atoms with Gasteiger partial charge in [-0.3, -0.25) is 9.48 Å². The second kappa shape index (κ2) is 5.67. The van der Waals surface area contributed by atoms with Crippen molar-refractivity contribution >= 4 is 38.1 Å². The number of rotatable bonds is 4. The van der Waals surface area contributed by atoms with E-state index in [-0.39, 0.29) is 0 Å². The smallest absolute Gasteiger partial charge is 0.150 e. The highest BCUT2D eigenvalue weighted by atomic mass is 79.9. The summed E-state index contributed by atoms with van der Waals surface area (Å²) < 4.78 is 8.90. The lowest BCUT2D eigenvalue weighted by Crippen LogP contribution is -1.97. The minimum Gasteiger partial charge on any atom is -0.486 e. The Kier molecular flexibility index (Phi) is 4.19. The molecule has 0 atom stereocenters. The Morgan fingerprint density at radius 3 is 2.56 bits per heavy atom. The molecule has 0 N–H and O–H groups in total. The van der Waals surface area contributed by atoms with Gasteiger partial charge in [-0.2, -0.15) is 5.10 Å². The highest BCUT2D eigenvalue weighted by Crippen LogP contribution is 2.34. The van der Waals surface area contributed by atoms with Crippen LogP contribution < -0.4 is 4.74 Å². The monoisotopic (exact) mass is 372 g/mol. The van der Waals surface area contributed by atoms with Gasteiger partial charge in [0, 0.05) is 24.4 Å². The summed E-state index contributed by atoms with van der Waals surface area (Å²) in [5.41, 5.74) is 1.57. The molecule has 0 saturated heterocycles. The van der Waals surface area contributed by atoms with Crippen LogP contribution in [0, 0.1) is 0 Å². The maximum absolute atomic E-state index is 10.7. The van der Waals surface area contributed by atoms with E-state index in [2.05, 4.69) is 37.0 Å². The van der Waals surface area contributed by atoms with Gasteiger partial charge >= 0.3 is 0 Å². The van der Waals surface area contributed by atoms with Crippen molar-refractivity contribution in [1.29, 1.82) is 0 Å². The number of aldehydes is 1. The van der Waals surface area contributed by atoms with E-state index in [0.29, 0.717) is 17.9 Å². The highest BCUT2D eigenvalue weighted by molar-refractivity contribution is 9.11. The van der Waals surface area contributed by atoms with Crippen molar-refractivity contribution in [3.63, 3.8) is 0 Å². The second-order valence-electron chi connectivity index (χ2n) is 3.74. The first-order valence-electron chi connectivity index (χ1n) is 5.14. The number of ether oxygens (including phenoxy) is 1. The molecule has 6 heteroatoms. The molecule has 0 saturated carbocycles. The third kappa shape index (κ3) is 3.00. The van der Waals surface area contributed by atoms with Gasteiger partial charge < -0.3 is 4.74 Å². The normalized spacial score (nSPS) is 10.4. The SMILES string of the molecule is Cn1cc(COc2c(Br)cc(C=O)cc2Br)cn1. The summed E-state index contributed by atoms with van der Waals surface area (Å²) in [5, 5.41) is 4.07. The average Bonchev–Trinajstić information content (AvgIpc) is 2.73. The van der Waals surface area contributed by atoms with Crippen molar-refractivity contribution in [2.75, 3.05) is 0 Å². The van der Waals surface area contributed by atoms with Crippen LogP contribution in [0.3, 0.4) is 0 Å². The minimum atomic E-state index is 0.422. The van der Waals surface area contributed by atoms with Crippen LogP contribution in [0.5, 0.6) is 5.75 Å². The van der Waals surface area contributed by atoms with Gasteiger partial charge in [-0.15, -0.1) is 0 Å². The van der Waals surface area contributed by atoms with E-state index in [4.69, 9.17) is 4.74 Å². The Hall–Kier alpha value is -1.14. The predicted molar refractivity (Wildman–Crippen MR) is 74.8 cm³/mol. The van der Waals surface area contributed by atoms with Crippen LogP contribution >= 0.6 is 31.9 Å². The molecule has 1 heterocycles. The van der Waals surface area contributed by atoms with E-state index < -0.39 is 0 Å². The van der Waals surface area contributed by atoms with Gasteiger partial charge in [-0.1, -0.05) is 0 Å². The quantitative estimate of drug-likeness (QED) is 0.772. The third-order valence-electron chi connectivity index (χ3n) is 2.30. The van der Waals surface area contributed by atoms with Crippen LogP contribution in [0.4, 0.5) is 0 Å². The summed E-state index contributed by atoms with van der Waals surface area (Å²) >= 11 is 6.77. The fourth-order valence-electron chi connectivity index (χ4n) is 1.49. The molecule has 1 aromatic carbocycles. The largest absolute Gasteiger partial charge is 0.486 e. The summed E-state index contributed by atoms with van der Waals surface area (Å²) in [6, 6.07) is 3.44. The van der Waals surface area contributed by atoms with E-state index >= 15 is 0 Å². The van der Waals surface area contributed by atoms with Crippen LogP contribution in [0.25, 0.3) is 0 Å². The topological polar surface area (TPSA) is 44.1 Å². The molecule has 94 valence electrons. The van der Waals surface area contributed by atoms with E-state index in [0.717, 1.165) is 20.8 Å². The van der Waals surface area contributed by atoms with Gasteiger partial charge in [-0.25, -0.2) is 0 Å². The van der Waals surface area contributed by atoms with E-state index in [1.54, 1.807) is 23.0 Å². The summed E-state index contributed by atoms with van der Waals surface area (Å²) in [6.45, 7) is 0.422. The van der Waals surface area contributed by atoms with Crippen LogP contribution in [-0.2, 0) is 13.7 Å². The number of hydrogen-bond acceptors (Lipinski definition) is 3. The molecule has 0 aliphatic carbocycles. The van der Waals surface area contributed by atoms with Crippen molar-refractivity contribution in [2.45, 2.75) is 6.61 Å². The first-order valence-corrected chi connectivity index (χ1v) is 6.73. The van der Waals surface area contributed by atoms with Crippen LogP contribution in [-0.4, -0.2) is 16.1 Å². The molecule has 0 radical (unpaired) electrons. The highest BCUT2D eigenvalue weighted by Gasteiger charge is 2.09. The summed E-state index contributed by atoms with van der Waals surface area (Å²) in [5.74, 6) is 0.671. The second-order valence-corrected chi connectivity index (χ2v) is 5.45. The molecular formula is C12H10Br2N2O2. The van der Waals surface area contributed by atoms with E-state index in [9.17, 15) is 4.79 Å². The fourth-order valence-corrected chi connectivity index (χ4v) is 2.94. The van der Waals surface area contributed by atoms with Crippen molar-refractivity contribution < 1.29 is 9.53 Å². The van der Waals surface area contributed by atoms with Gasteiger partial charge in [0.05, 0.1) is 15.1 Å². The molecule has 0 fully saturated rings. The fraction of sp³-hybridized carbons (Fsp3) is 0.167. The molecule has 1 aromatic heterocycles. The lowest BCUT2D eigenvalue weighted by Gasteiger charge is -2.09. The Morgan fingerprint density at radius 1 is 1.39 bits per heavy atom. The molecule has 2 rings (SSSR count). The Balaban J connectivity index is 2.16. The first-order chi connectivity index (χ1) is 8.60. The zero-order valence-corrected chi connectivity index (χ0v) is 12.7. The molecule has 0 spiro atoms. The maximum Gasteiger partial charge on any atom is 0.150 e. The van der Waals surface area contributed by atoms with Gasteiger partial charge in [0.15, 0.2) is 0 Å². The van der Waals surface area contributed by atoms with Crippen molar-refractivity contribution in [2.24, 2.45) is 7.05 Å². The number of halogens is 2. The summed E-state index contributed by atoms with van der Waals surface area (Å²) in [6.07, 6.45) is 4.43. The first kappa shape index (κ1) is 13.3. The van der Waals surface area contributed by atoms with Gasteiger partial charge in [0.2, 0.25) is 0 Å². The Morgan fingerprint density at radius 2 is 2.06 bits per heavy atom. The minimum absolute atomic E-state index is 0.422. The van der Waals surface area contributed by atoms with E-state index in [1.165, 1.54) is 0 Å². The molecular weight excluding hydrogens is 364 g/mol. The third-order valence-corrected chi connectivity index (χ3v) is 3.48. The lowest BCUT2D eigenvalue weighted by molar-refractivity contribution is 0.112. The lowest BCUT2D eigenvalue weighted by atomic mass is 10.2. The number of carbonyl (C=O) groups excluding carboxylic acids is 1. The number of carbonyl (C=O) groups is 1. The molecule has 0 aliphatic heterocycles. The molecule has 2 aromatic rings.